The number of phenolic OH excluding ortho intramolecular Hbond substituents is 2. The molecule has 0 atom stereocenters. The van der Waals surface area contributed by atoms with Gasteiger partial charge in [0.15, 0.2) is 0 Å². The lowest BCUT2D eigenvalue weighted by Crippen LogP contribution is -1.80. The summed E-state index contributed by atoms with van der Waals surface area (Å²) in [7, 11) is 0. The van der Waals surface area contributed by atoms with Gasteiger partial charge in [-0.1, -0.05) is 6.92 Å². The maximum Gasteiger partial charge on any atom is 0.138 e. The van der Waals surface area contributed by atoms with E-state index >= 15 is 0 Å². The zero-order chi connectivity index (χ0) is 13.4. The Balaban J connectivity index is 2.18. The van der Waals surface area contributed by atoms with Gasteiger partial charge in [-0.05, 0) is 54.4 Å². The number of aromatic hydroxyl groups is 2. The van der Waals surface area contributed by atoms with Crippen molar-refractivity contribution in [2.75, 3.05) is 0 Å². The Bertz CT molecular complexity index is 724. The molecule has 0 radical (unpaired) electrons. The molecule has 0 unspecified atom stereocenters. The van der Waals surface area contributed by atoms with Crippen molar-refractivity contribution >= 4 is 11.0 Å². The Morgan fingerprint density at radius 3 is 2.37 bits per heavy atom. The summed E-state index contributed by atoms with van der Waals surface area (Å²) >= 11 is 0. The van der Waals surface area contributed by atoms with E-state index in [-0.39, 0.29) is 11.5 Å². The standard InChI is InChI=1S/C16H14O3/c1-2-10-7-14(18)8-12-9-15(19-16(10)12)11-3-5-13(17)6-4-11/h3-9,17-18H,2H2,1H3. The average Bonchev–Trinajstić information content (AvgIpc) is 2.82. The monoisotopic (exact) mass is 254 g/mol. The van der Waals surface area contributed by atoms with Crippen LogP contribution in [0.1, 0.15) is 12.5 Å². The number of aryl methyl sites for hydroxylation is 1. The second kappa shape index (κ2) is 4.35. The van der Waals surface area contributed by atoms with E-state index in [2.05, 4.69) is 0 Å². The lowest BCUT2D eigenvalue weighted by Gasteiger charge is -1.99. The van der Waals surface area contributed by atoms with Crippen LogP contribution in [0.15, 0.2) is 46.9 Å². The molecule has 0 saturated heterocycles. The Hall–Kier alpha value is -2.42. The number of hydrogen-bond acceptors (Lipinski definition) is 3. The van der Waals surface area contributed by atoms with E-state index in [0.29, 0.717) is 0 Å². The molecule has 19 heavy (non-hydrogen) atoms. The van der Waals surface area contributed by atoms with Crippen LogP contribution in [-0.2, 0) is 6.42 Å². The normalized spacial score (nSPS) is 11.0. The van der Waals surface area contributed by atoms with E-state index in [1.165, 1.54) is 0 Å². The molecule has 3 nitrogen and oxygen atoms in total. The average molecular weight is 254 g/mol. The van der Waals surface area contributed by atoms with E-state index in [1.54, 1.807) is 36.4 Å². The number of rotatable bonds is 2. The fraction of sp³-hybridized carbons (Fsp3) is 0.125. The van der Waals surface area contributed by atoms with Gasteiger partial charge in [0.2, 0.25) is 0 Å². The topological polar surface area (TPSA) is 53.6 Å². The summed E-state index contributed by atoms with van der Waals surface area (Å²) in [6.45, 7) is 2.02. The van der Waals surface area contributed by atoms with Crippen LogP contribution in [0.25, 0.3) is 22.3 Å². The van der Waals surface area contributed by atoms with Crippen LogP contribution in [0.5, 0.6) is 11.5 Å². The molecule has 0 bridgehead atoms. The van der Waals surface area contributed by atoms with E-state index in [9.17, 15) is 10.2 Å². The molecule has 0 aliphatic carbocycles. The lowest BCUT2D eigenvalue weighted by atomic mass is 10.1. The molecular formula is C16H14O3. The first-order chi connectivity index (χ1) is 9.17. The predicted octanol–water partition coefficient (Wildman–Crippen LogP) is 4.07. The molecular weight excluding hydrogens is 240 g/mol. The molecule has 2 aromatic carbocycles. The Labute approximate surface area is 110 Å². The summed E-state index contributed by atoms with van der Waals surface area (Å²) in [6.07, 6.45) is 0.799. The van der Waals surface area contributed by atoms with Gasteiger partial charge in [-0.2, -0.15) is 0 Å². The van der Waals surface area contributed by atoms with Crippen molar-refractivity contribution in [1.29, 1.82) is 0 Å². The first kappa shape index (κ1) is 11.7. The zero-order valence-electron chi connectivity index (χ0n) is 10.6. The Morgan fingerprint density at radius 1 is 0.947 bits per heavy atom. The number of phenols is 2. The van der Waals surface area contributed by atoms with Gasteiger partial charge in [-0.25, -0.2) is 0 Å². The molecule has 0 saturated carbocycles. The third-order valence-corrected chi connectivity index (χ3v) is 3.21. The van der Waals surface area contributed by atoms with Crippen molar-refractivity contribution in [2.45, 2.75) is 13.3 Å². The highest BCUT2D eigenvalue weighted by molar-refractivity contribution is 5.86. The van der Waals surface area contributed by atoms with E-state index in [4.69, 9.17) is 4.42 Å². The molecule has 0 aliphatic rings. The minimum Gasteiger partial charge on any atom is -0.508 e. The van der Waals surface area contributed by atoms with Crippen molar-refractivity contribution in [2.24, 2.45) is 0 Å². The number of furan rings is 1. The molecule has 2 N–H and O–H groups in total. The minimum absolute atomic E-state index is 0.228. The molecule has 3 rings (SSSR count). The second-order valence-electron chi connectivity index (χ2n) is 4.53. The van der Waals surface area contributed by atoms with Gasteiger partial charge in [0.25, 0.3) is 0 Å². The van der Waals surface area contributed by atoms with Crippen molar-refractivity contribution in [3.63, 3.8) is 0 Å². The number of hydrogen-bond donors (Lipinski definition) is 2. The molecule has 96 valence electrons. The summed E-state index contributed by atoms with van der Waals surface area (Å²) in [5.41, 5.74) is 2.69. The highest BCUT2D eigenvalue weighted by Gasteiger charge is 2.10. The third-order valence-electron chi connectivity index (χ3n) is 3.21. The lowest BCUT2D eigenvalue weighted by molar-refractivity contribution is 0.474. The molecule has 1 aromatic heterocycles. The predicted molar refractivity (Wildman–Crippen MR) is 74.4 cm³/mol. The fourth-order valence-electron chi connectivity index (χ4n) is 2.24. The van der Waals surface area contributed by atoms with Crippen molar-refractivity contribution in [3.8, 4) is 22.8 Å². The smallest absolute Gasteiger partial charge is 0.138 e. The van der Waals surface area contributed by atoms with Crippen LogP contribution in [0.4, 0.5) is 0 Å². The summed E-state index contributed by atoms with van der Waals surface area (Å²) < 4.78 is 5.88. The van der Waals surface area contributed by atoms with Crippen LogP contribution in [0, 0.1) is 0 Å². The highest BCUT2D eigenvalue weighted by Crippen LogP contribution is 2.33. The maximum atomic E-state index is 9.68. The van der Waals surface area contributed by atoms with Gasteiger partial charge in [-0.3, -0.25) is 0 Å². The van der Waals surface area contributed by atoms with Gasteiger partial charge in [-0.15, -0.1) is 0 Å². The molecule has 0 fully saturated rings. The largest absolute Gasteiger partial charge is 0.508 e. The van der Waals surface area contributed by atoms with E-state index < -0.39 is 0 Å². The first-order valence-electron chi connectivity index (χ1n) is 6.22. The second-order valence-corrected chi connectivity index (χ2v) is 4.53. The van der Waals surface area contributed by atoms with Crippen LogP contribution in [0.2, 0.25) is 0 Å². The summed E-state index contributed by atoms with van der Waals surface area (Å²) in [5.74, 6) is 1.21. The molecule has 3 heteroatoms. The van der Waals surface area contributed by atoms with Crippen LogP contribution in [0.3, 0.4) is 0 Å². The van der Waals surface area contributed by atoms with Crippen molar-refractivity contribution < 1.29 is 14.6 Å². The van der Waals surface area contributed by atoms with E-state index in [0.717, 1.165) is 34.3 Å². The first-order valence-corrected chi connectivity index (χ1v) is 6.22. The Kier molecular flexibility index (Phi) is 2.67. The molecule has 3 aromatic rings. The molecule has 0 aliphatic heterocycles. The quantitative estimate of drug-likeness (QED) is 0.724. The fourth-order valence-corrected chi connectivity index (χ4v) is 2.24. The van der Waals surface area contributed by atoms with Crippen LogP contribution in [-0.4, -0.2) is 10.2 Å². The van der Waals surface area contributed by atoms with Gasteiger partial charge >= 0.3 is 0 Å². The van der Waals surface area contributed by atoms with E-state index in [1.807, 2.05) is 13.0 Å². The minimum atomic E-state index is 0.228. The van der Waals surface area contributed by atoms with Crippen molar-refractivity contribution in [3.05, 3.63) is 48.0 Å². The highest BCUT2D eigenvalue weighted by atomic mass is 16.3. The number of fused-ring (bicyclic) bond motifs is 1. The summed E-state index contributed by atoms with van der Waals surface area (Å²) in [6, 6.07) is 12.2. The van der Waals surface area contributed by atoms with Gasteiger partial charge in [0, 0.05) is 10.9 Å². The molecule has 0 amide bonds. The van der Waals surface area contributed by atoms with Gasteiger partial charge in [0.1, 0.15) is 22.8 Å². The zero-order valence-corrected chi connectivity index (χ0v) is 10.6. The number of benzene rings is 2. The van der Waals surface area contributed by atoms with Crippen LogP contribution >= 0.6 is 0 Å². The summed E-state index contributed by atoms with van der Waals surface area (Å²) in [5, 5.41) is 19.9. The summed E-state index contributed by atoms with van der Waals surface area (Å²) in [4.78, 5) is 0. The molecule has 1 heterocycles. The van der Waals surface area contributed by atoms with Gasteiger partial charge < -0.3 is 14.6 Å². The van der Waals surface area contributed by atoms with Crippen molar-refractivity contribution in [1.82, 2.24) is 0 Å². The maximum absolute atomic E-state index is 9.68. The molecule has 0 spiro atoms. The third kappa shape index (κ3) is 2.03. The Morgan fingerprint density at radius 2 is 1.68 bits per heavy atom. The van der Waals surface area contributed by atoms with Gasteiger partial charge in [0.05, 0.1) is 0 Å². The SMILES string of the molecule is CCc1cc(O)cc2cc(-c3ccc(O)cc3)oc12. The van der Waals surface area contributed by atoms with Crippen LogP contribution < -0.4 is 0 Å².